The van der Waals surface area contributed by atoms with E-state index in [4.69, 9.17) is 28.4 Å². The molecule has 0 saturated carbocycles. The normalized spacial score (nSPS) is 27.5. The summed E-state index contributed by atoms with van der Waals surface area (Å²) in [5, 5.41) is 71.7. The predicted octanol–water partition coefficient (Wildman–Crippen LogP) is 6.29. The average Bonchev–Trinajstić information content (AvgIpc) is 3.25. The molecule has 61 heavy (non-hydrogen) atoms. The molecule has 0 bridgehead atoms. The van der Waals surface area contributed by atoms with Gasteiger partial charge in [-0.25, -0.2) is 0 Å². The summed E-state index contributed by atoms with van der Waals surface area (Å²) >= 11 is 0. The van der Waals surface area contributed by atoms with Gasteiger partial charge in [0.05, 0.1) is 26.4 Å². The molecule has 11 unspecified atom stereocenters. The summed E-state index contributed by atoms with van der Waals surface area (Å²) in [5.74, 6) is -0.388. The topological polar surface area (TPSA) is 214 Å². The van der Waals surface area contributed by atoms with E-state index in [2.05, 4.69) is 26.0 Å². The van der Waals surface area contributed by atoms with E-state index in [-0.39, 0.29) is 25.6 Å². The fourth-order valence-corrected chi connectivity index (χ4v) is 7.75. The first-order chi connectivity index (χ1) is 29.6. The van der Waals surface area contributed by atoms with E-state index in [1.54, 1.807) is 0 Å². The molecule has 2 aliphatic heterocycles. The van der Waals surface area contributed by atoms with E-state index in [9.17, 15) is 40.5 Å². The molecule has 0 aliphatic carbocycles. The van der Waals surface area contributed by atoms with Crippen molar-refractivity contribution in [3.8, 4) is 0 Å². The second-order valence-electron chi connectivity index (χ2n) is 17.3. The summed E-state index contributed by atoms with van der Waals surface area (Å²) in [6.07, 6.45) is 19.2. The third-order valence-corrected chi connectivity index (χ3v) is 11.8. The molecular weight excluding hydrogens is 789 g/mol. The smallest absolute Gasteiger partial charge is 0.306 e. The summed E-state index contributed by atoms with van der Waals surface area (Å²) in [5.41, 5.74) is 0. The Bertz CT molecular complexity index is 1060. The van der Waals surface area contributed by atoms with Crippen molar-refractivity contribution >= 4 is 5.97 Å². The molecule has 0 aromatic rings. The van der Waals surface area contributed by atoms with Crippen molar-refractivity contribution in [2.75, 3.05) is 33.0 Å². The van der Waals surface area contributed by atoms with Crippen molar-refractivity contribution in [1.29, 1.82) is 0 Å². The lowest BCUT2D eigenvalue weighted by atomic mass is 9.98. The van der Waals surface area contributed by atoms with Crippen molar-refractivity contribution in [1.82, 2.24) is 0 Å². The van der Waals surface area contributed by atoms with Crippen LogP contribution in [0.1, 0.15) is 181 Å². The van der Waals surface area contributed by atoms with E-state index in [0.717, 1.165) is 44.9 Å². The third kappa shape index (κ3) is 24.6. The van der Waals surface area contributed by atoms with Crippen LogP contribution in [0.5, 0.6) is 0 Å². The molecule has 0 amide bonds. The van der Waals surface area contributed by atoms with Crippen LogP contribution in [0.15, 0.2) is 12.2 Å². The van der Waals surface area contributed by atoms with Gasteiger partial charge in [-0.05, 0) is 38.5 Å². The zero-order valence-corrected chi connectivity index (χ0v) is 37.9. The third-order valence-electron chi connectivity index (χ3n) is 11.8. The maximum Gasteiger partial charge on any atom is 0.306 e. The van der Waals surface area contributed by atoms with Gasteiger partial charge < -0.3 is 64.2 Å². The number of unbranched alkanes of at least 4 members (excludes halogenated alkanes) is 22. The Labute approximate surface area is 367 Å². The van der Waals surface area contributed by atoms with E-state index in [1.807, 2.05) is 0 Å². The zero-order chi connectivity index (χ0) is 44.5. The van der Waals surface area contributed by atoms with Crippen LogP contribution in [0.2, 0.25) is 0 Å². The number of aliphatic hydroxyl groups excluding tert-OH is 7. The molecule has 14 heteroatoms. The van der Waals surface area contributed by atoms with Crippen LogP contribution in [0.3, 0.4) is 0 Å². The van der Waals surface area contributed by atoms with Gasteiger partial charge in [-0.15, -0.1) is 0 Å². The Balaban J connectivity index is 1.66. The summed E-state index contributed by atoms with van der Waals surface area (Å²) in [6.45, 7) is 3.60. The van der Waals surface area contributed by atoms with Gasteiger partial charge in [-0.2, -0.15) is 0 Å². The lowest BCUT2D eigenvalue weighted by molar-refractivity contribution is -0.332. The van der Waals surface area contributed by atoms with Gasteiger partial charge in [0.1, 0.15) is 54.9 Å². The van der Waals surface area contributed by atoms with Crippen LogP contribution < -0.4 is 0 Å². The molecule has 2 rings (SSSR count). The van der Waals surface area contributed by atoms with Gasteiger partial charge in [0.2, 0.25) is 0 Å². The second-order valence-corrected chi connectivity index (χ2v) is 17.3. The predicted molar refractivity (Wildman–Crippen MR) is 234 cm³/mol. The molecule has 360 valence electrons. The fourth-order valence-electron chi connectivity index (χ4n) is 7.75. The Morgan fingerprint density at radius 3 is 1.49 bits per heavy atom. The van der Waals surface area contributed by atoms with Crippen LogP contribution >= 0.6 is 0 Å². The Hall–Kier alpha value is -1.27. The van der Waals surface area contributed by atoms with Crippen LogP contribution in [0.4, 0.5) is 0 Å². The second kappa shape index (κ2) is 36.0. The van der Waals surface area contributed by atoms with E-state index in [1.165, 1.54) is 109 Å². The minimum atomic E-state index is -1.70. The van der Waals surface area contributed by atoms with Gasteiger partial charge in [-0.1, -0.05) is 148 Å². The van der Waals surface area contributed by atoms with Crippen molar-refractivity contribution < 1.29 is 69.0 Å². The molecule has 7 N–H and O–H groups in total. The van der Waals surface area contributed by atoms with Gasteiger partial charge >= 0.3 is 5.97 Å². The van der Waals surface area contributed by atoms with Crippen LogP contribution in [-0.2, 0) is 33.2 Å². The molecule has 2 saturated heterocycles. The van der Waals surface area contributed by atoms with Crippen molar-refractivity contribution in [2.24, 2.45) is 0 Å². The van der Waals surface area contributed by atoms with Crippen molar-refractivity contribution in [3.05, 3.63) is 12.2 Å². The average molecular weight is 877 g/mol. The number of hydrogen-bond acceptors (Lipinski definition) is 14. The minimum Gasteiger partial charge on any atom is -0.457 e. The first kappa shape index (κ1) is 55.9. The number of allylic oxidation sites excluding steroid dienone is 2. The molecule has 2 fully saturated rings. The number of hydrogen-bond donors (Lipinski definition) is 7. The first-order valence-electron chi connectivity index (χ1n) is 24.3. The van der Waals surface area contributed by atoms with Crippen molar-refractivity contribution in [2.45, 2.75) is 248 Å². The molecule has 0 aromatic heterocycles. The number of ether oxygens (including phenoxy) is 6. The van der Waals surface area contributed by atoms with Crippen LogP contribution in [0.25, 0.3) is 0 Å². The van der Waals surface area contributed by atoms with Gasteiger partial charge in [0.15, 0.2) is 12.6 Å². The number of esters is 1. The lowest BCUT2D eigenvalue weighted by Crippen LogP contribution is -2.61. The highest BCUT2D eigenvalue weighted by Gasteiger charge is 2.47. The fraction of sp³-hybridized carbons (Fsp3) is 0.936. The largest absolute Gasteiger partial charge is 0.457 e. The van der Waals surface area contributed by atoms with Gasteiger partial charge in [0, 0.05) is 13.0 Å². The number of rotatable bonds is 38. The molecule has 0 radical (unpaired) electrons. The van der Waals surface area contributed by atoms with Gasteiger partial charge in [0.25, 0.3) is 0 Å². The molecule has 2 aliphatic rings. The standard InChI is InChI=1S/C47H88O14/c1-3-5-7-9-10-11-12-13-14-15-16-17-18-19-20-21-22-23-24-25-27-29-31-56-33-36(59-39(49)30-28-26-8-6-4-2)34-57-46-45(55)43(53)41(51)38(61-46)35-58-47-44(54)42(52)40(50)37(32-48)60-47/h15-16,36-38,40-48,50-55H,3-14,17-35H2,1-2H3/b16-15-. The highest BCUT2D eigenvalue weighted by Crippen LogP contribution is 2.26. The molecule has 0 spiro atoms. The maximum absolute atomic E-state index is 12.7. The van der Waals surface area contributed by atoms with E-state index >= 15 is 0 Å². The molecule has 11 atom stereocenters. The number of aliphatic hydroxyl groups is 7. The molecular formula is C47H88O14. The van der Waals surface area contributed by atoms with Crippen LogP contribution in [-0.4, -0.2) is 142 Å². The summed E-state index contributed by atoms with van der Waals surface area (Å²) < 4.78 is 34.0. The Morgan fingerprint density at radius 2 is 0.967 bits per heavy atom. The lowest BCUT2D eigenvalue weighted by Gasteiger charge is -2.42. The molecule has 0 aromatic carbocycles. The number of carbonyl (C=O) groups is 1. The Morgan fingerprint density at radius 1 is 0.525 bits per heavy atom. The maximum atomic E-state index is 12.7. The summed E-state index contributed by atoms with van der Waals surface area (Å²) in [4.78, 5) is 12.7. The van der Waals surface area contributed by atoms with Crippen molar-refractivity contribution in [3.63, 3.8) is 0 Å². The summed E-state index contributed by atoms with van der Waals surface area (Å²) in [7, 11) is 0. The SMILES string of the molecule is CCCCCCCCCC/C=C\CCCCCCCCCCCCOCC(COC1OC(COC2OC(CO)C(O)C(O)C2O)C(O)C(O)C1O)OC(=O)CCCCCCC. The quantitative estimate of drug-likeness (QED) is 0.0206. The van der Waals surface area contributed by atoms with Gasteiger partial charge in [-0.3, -0.25) is 4.79 Å². The highest BCUT2D eigenvalue weighted by atomic mass is 16.7. The summed E-state index contributed by atoms with van der Waals surface area (Å²) in [6, 6.07) is 0. The highest BCUT2D eigenvalue weighted by molar-refractivity contribution is 5.69. The molecule has 2 heterocycles. The Kier molecular flexibility index (Phi) is 33.0. The monoisotopic (exact) mass is 877 g/mol. The zero-order valence-electron chi connectivity index (χ0n) is 37.9. The first-order valence-corrected chi connectivity index (χ1v) is 24.3. The number of carbonyl (C=O) groups excluding carboxylic acids is 1. The van der Waals surface area contributed by atoms with Crippen LogP contribution in [0, 0.1) is 0 Å². The van der Waals surface area contributed by atoms with E-state index in [0.29, 0.717) is 13.0 Å². The molecule has 14 nitrogen and oxygen atoms in total. The van der Waals surface area contributed by atoms with E-state index < -0.39 is 80.7 Å². The minimum absolute atomic E-state index is 0.0638.